The van der Waals surface area contributed by atoms with Crippen molar-refractivity contribution >= 4 is 15.2 Å². The summed E-state index contributed by atoms with van der Waals surface area (Å²) < 4.78 is 52.4. The van der Waals surface area contributed by atoms with E-state index in [2.05, 4.69) is 91.8 Å². The minimum Gasteiger partial charge on any atom is -0.307 e. The molecule has 2 aromatic carbocycles. The van der Waals surface area contributed by atoms with E-state index in [0.29, 0.717) is 23.7 Å². The first-order chi connectivity index (χ1) is 20.4. The molecule has 4 rings (SSSR count). The van der Waals surface area contributed by atoms with Gasteiger partial charge in [0.15, 0.2) is 0 Å². The van der Waals surface area contributed by atoms with Gasteiger partial charge in [-0.05, 0) is 82.7 Å². The Morgan fingerprint density at radius 3 is 1.05 bits per heavy atom. The van der Waals surface area contributed by atoms with Gasteiger partial charge in [-0.2, -0.15) is 0 Å². The molecule has 0 N–H and O–H groups in total. The Kier molecular flexibility index (Phi) is 11.6. The molecule has 4 atom stereocenters. The Morgan fingerprint density at radius 1 is 0.558 bits per heavy atom. The van der Waals surface area contributed by atoms with Gasteiger partial charge in [-0.3, -0.25) is 9.13 Å². The summed E-state index contributed by atoms with van der Waals surface area (Å²) in [5.74, 6) is 1.40. The van der Waals surface area contributed by atoms with Gasteiger partial charge < -0.3 is 18.1 Å². The van der Waals surface area contributed by atoms with Crippen LogP contribution in [0.1, 0.15) is 138 Å². The van der Waals surface area contributed by atoms with Gasteiger partial charge in [0.2, 0.25) is 0 Å². The van der Waals surface area contributed by atoms with Crippen LogP contribution in [0.15, 0.2) is 36.4 Å². The number of hydrogen-bond donors (Lipinski definition) is 0. The average molecular weight is 633 g/mol. The lowest BCUT2D eigenvalue weighted by atomic mass is 9.86. The quantitative estimate of drug-likeness (QED) is 0.217. The first kappa shape index (κ1) is 34.6. The molecule has 0 bridgehead atoms. The summed E-state index contributed by atoms with van der Waals surface area (Å²) >= 11 is 0. The zero-order valence-corrected chi connectivity index (χ0v) is 29.5. The molecule has 2 aliphatic heterocycles. The Labute approximate surface area is 260 Å². The molecule has 0 saturated carbocycles. The van der Waals surface area contributed by atoms with E-state index in [1.807, 2.05) is 0 Å². The monoisotopic (exact) mass is 632 g/mol. The lowest BCUT2D eigenvalue weighted by molar-refractivity contribution is -0.0690. The Bertz CT molecular complexity index is 1150. The van der Waals surface area contributed by atoms with E-state index < -0.39 is 20.6 Å². The molecule has 0 radical (unpaired) electrons. The van der Waals surface area contributed by atoms with Gasteiger partial charge in [-0.1, -0.05) is 91.8 Å². The van der Waals surface area contributed by atoms with Gasteiger partial charge in [0.1, 0.15) is 0 Å². The summed E-state index contributed by atoms with van der Waals surface area (Å²) in [7, 11) is -6.78. The lowest BCUT2D eigenvalue weighted by Crippen LogP contribution is -2.45. The molecule has 4 unspecified atom stereocenters. The molecule has 240 valence electrons. The molecule has 2 fully saturated rings. The predicted molar refractivity (Wildman–Crippen MR) is 177 cm³/mol. The van der Waals surface area contributed by atoms with Crippen LogP contribution < -0.4 is 0 Å². The van der Waals surface area contributed by atoms with Gasteiger partial charge in [-0.15, -0.1) is 0 Å². The van der Waals surface area contributed by atoms with Crippen molar-refractivity contribution in [3.05, 3.63) is 69.8 Å². The van der Waals surface area contributed by atoms with Crippen LogP contribution in [0.5, 0.6) is 0 Å². The van der Waals surface area contributed by atoms with Crippen LogP contribution in [0.2, 0.25) is 0 Å². The van der Waals surface area contributed by atoms with E-state index in [-0.39, 0.29) is 38.8 Å². The minimum absolute atomic E-state index is 0.190. The molecular weight excluding hydrogens is 578 g/mol. The van der Waals surface area contributed by atoms with Gasteiger partial charge in [0, 0.05) is 0 Å². The Hall–Kier alpha value is -1.26. The van der Waals surface area contributed by atoms with Gasteiger partial charge >= 0.3 is 15.2 Å². The second kappa shape index (κ2) is 14.4. The maximum absolute atomic E-state index is 14.0. The van der Waals surface area contributed by atoms with Crippen molar-refractivity contribution in [3.8, 4) is 0 Å². The third-order valence-corrected chi connectivity index (χ3v) is 13.5. The average Bonchev–Trinajstić information content (AvgIpc) is 3.02. The smallest absolute Gasteiger partial charge is 0.307 e. The highest BCUT2D eigenvalue weighted by Gasteiger charge is 2.49. The van der Waals surface area contributed by atoms with E-state index in [1.54, 1.807) is 0 Å². The van der Waals surface area contributed by atoms with Crippen LogP contribution in [0.25, 0.3) is 0 Å². The van der Waals surface area contributed by atoms with E-state index >= 15 is 0 Å². The second-order valence-electron chi connectivity index (χ2n) is 13.2. The first-order valence-corrected chi connectivity index (χ1v) is 19.9. The zero-order valence-electron chi connectivity index (χ0n) is 27.7. The van der Waals surface area contributed by atoms with E-state index in [1.165, 1.54) is 22.3 Å². The van der Waals surface area contributed by atoms with Crippen LogP contribution in [0.4, 0.5) is 0 Å². The molecule has 2 aliphatic rings. The predicted octanol–water partition coefficient (Wildman–Crippen LogP) is 10.9. The molecule has 6 nitrogen and oxygen atoms in total. The number of hydrogen-bond acceptors (Lipinski definition) is 6. The summed E-state index contributed by atoms with van der Waals surface area (Å²) in [5.41, 5.74) is 6.47. The van der Waals surface area contributed by atoms with Crippen LogP contribution in [0.3, 0.4) is 0 Å². The van der Waals surface area contributed by atoms with Crippen LogP contribution in [-0.4, -0.2) is 26.4 Å². The topological polar surface area (TPSA) is 71.1 Å². The maximum Gasteiger partial charge on any atom is 0.335 e. The summed E-state index contributed by atoms with van der Waals surface area (Å²) in [5, 5.41) is 0. The van der Waals surface area contributed by atoms with Crippen molar-refractivity contribution in [2.45, 2.75) is 117 Å². The standard InChI is InChI=1S/C35H54O6P2/c1-9-25(5)29-15-13-16-30(26(6)10-2)33(29)19-42(36)38-21-35(22-39-42)23-40-43(37,41-24-35)20-34-31(27(7)11-3)17-14-18-32(34)28(8)12-4/h13-18,25-28H,9-12,19-24H2,1-8H3. The van der Waals surface area contributed by atoms with Crippen molar-refractivity contribution in [1.82, 2.24) is 0 Å². The van der Waals surface area contributed by atoms with Gasteiger partial charge in [-0.25, -0.2) is 0 Å². The van der Waals surface area contributed by atoms with Crippen molar-refractivity contribution < 1.29 is 27.2 Å². The second-order valence-corrected chi connectivity index (χ2v) is 17.3. The molecule has 43 heavy (non-hydrogen) atoms. The first-order valence-electron chi connectivity index (χ1n) is 16.4. The summed E-state index contributed by atoms with van der Waals surface area (Å²) in [6.45, 7) is 18.4. The molecule has 0 aliphatic carbocycles. The highest BCUT2D eigenvalue weighted by Crippen LogP contribution is 2.62. The minimum atomic E-state index is -3.39. The van der Waals surface area contributed by atoms with E-state index in [0.717, 1.165) is 36.8 Å². The van der Waals surface area contributed by atoms with Crippen molar-refractivity contribution in [2.24, 2.45) is 5.41 Å². The largest absolute Gasteiger partial charge is 0.335 e. The van der Waals surface area contributed by atoms with Crippen molar-refractivity contribution in [2.75, 3.05) is 26.4 Å². The Balaban J connectivity index is 1.48. The molecule has 0 aromatic heterocycles. The molecule has 2 aromatic rings. The summed E-state index contributed by atoms with van der Waals surface area (Å²) in [6.07, 6.45) is 4.52. The SMILES string of the molecule is CCC(C)c1cccc(C(C)CC)c1CP1(=O)OCC2(CO1)COP(=O)(Cc1c(C(C)CC)cccc1C(C)CC)OC2. The third-order valence-electron chi connectivity index (χ3n) is 10.0. The van der Waals surface area contributed by atoms with E-state index in [9.17, 15) is 9.13 Å². The van der Waals surface area contributed by atoms with E-state index in [4.69, 9.17) is 18.1 Å². The maximum atomic E-state index is 14.0. The molecule has 2 saturated heterocycles. The fraction of sp³-hybridized carbons (Fsp3) is 0.657. The summed E-state index contributed by atoms with van der Waals surface area (Å²) in [4.78, 5) is 0. The van der Waals surface area contributed by atoms with Gasteiger partial charge in [0.25, 0.3) is 0 Å². The fourth-order valence-electron chi connectivity index (χ4n) is 6.17. The molecule has 1 spiro atoms. The summed E-state index contributed by atoms with van der Waals surface area (Å²) in [6, 6.07) is 12.8. The van der Waals surface area contributed by atoms with Crippen LogP contribution >= 0.6 is 15.2 Å². The van der Waals surface area contributed by atoms with Gasteiger partial charge in [0.05, 0.1) is 44.2 Å². The zero-order chi connectivity index (χ0) is 31.4. The molecular formula is C35H54O6P2. The molecule has 0 amide bonds. The Morgan fingerprint density at radius 2 is 0.814 bits per heavy atom. The van der Waals surface area contributed by atoms with Crippen molar-refractivity contribution in [1.29, 1.82) is 0 Å². The molecule has 8 heteroatoms. The molecule has 2 heterocycles. The van der Waals surface area contributed by atoms with Crippen LogP contribution in [-0.2, 0) is 39.5 Å². The number of rotatable bonds is 12. The lowest BCUT2D eigenvalue weighted by Gasteiger charge is -2.43. The van der Waals surface area contributed by atoms with Crippen LogP contribution in [0, 0.1) is 5.41 Å². The highest BCUT2D eigenvalue weighted by atomic mass is 31.2. The van der Waals surface area contributed by atoms with Crippen molar-refractivity contribution in [3.63, 3.8) is 0 Å². The third kappa shape index (κ3) is 7.76. The fourth-order valence-corrected chi connectivity index (χ4v) is 10.1. The number of benzene rings is 2. The highest BCUT2D eigenvalue weighted by molar-refractivity contribution is 7.53. The normalized spacial score (nSPS) is 28.8.